The average molecular weight is 394 g/mol. The van der Waals surface area contributed by atoms with Crippen LogP contribution in [0.5, 0.6) is 5.75 Å². The van der Waals surface area contributed by atoms with E-state index in [9.17, 15) is 4.79 Å². The van der Waals surface area contributed by atoms with E-state index in [-0.39, 0.29) is 5.91 Å². The van der Waals surface area contributed by atoms with Gasteiger partial charge in [-0.05, 0) is 56.9 Å². The predicted octanol–water partition coefficient (Wildman–Crippen LogP) is 5.26. The van der Waals surface area contributed by atoms with Gasteiger partial charge in [-0.3, -0.25) is 10.1 Å². The van der Waals surface area contributed by atoms with Crippen molar-refractivity contribution in [2.45, 2.75) is 64.9 Å². The zero-order chi connectivity index (χ0) is 18.7. The van der Waals surface area contributed by atoms with E-state index in [2.05, 4.69) is 15.5 Å². The molecule has 7 heteroatoms. The molecule has 0 spiro atoms. The molecular formula is C19H24ClN3O2S. The second-order valence-electron chi connectivity index (χ2n) is 6.90. The van der Waals surface area contributed by atoms with Gasteiger partial charge >= 0.3 is 0 Å². The summed E-state index contributed by atoms with van der Waals surface area (Å²) in [5.41, 5.74) is 1.85. The standard InChI is InChI=1S/C19H24ClN3O2S/c1-11-9-15(10-12(2)16(11)20)25-13(3)17(24)21-19-23-22-18(26-19)14-7-5-4-6-8-14/h9-10,13-14H,4-8H2,1-3H3,(H,21,23,24). The Morgan fingerprint density at radius 1 is 1.23 bits per heavy atom. The molecule has 1 amide bonds. The van der Waals surface area contributed by atoms with Gasteiger partial charge in [-0.2, -0.15) is 0 Å². The fourth-order valence-electron chi connectivity index (χ4n) is 3.24. The highest BCUT2D eigenvalue weighted by Crippen LogP contribution is 2.35. The smallest absolute Gasteiger partial charge is 0.266 e. The second kappa shape index (κ2) is 8.35. The van der Waals surface area contributed by atoms with Crippen LogP contribution >= 0.6 is 22.9 Å². The Kier molecular flexibility index (Phi) is 6.14. The average Bonchev–Trinajstić information content (AvgIpc) is 3.08. The number of rotatable bonds is 5. The van der Waals surface area contributed by atoms with Crippen molar-refractivity contribution in [3.8, 4) is 5.75 Å². The van der Waals surface area contributed by atoms with Gasteiger partial charge in [0.15, 0.2) is 6.10 Å². The van der Waals surface area contributed by atoms with Crippen LogP contribution in [-0.4, -0.2) is 22.2 Å². The van der Waals surface area contributed by atoms with Gasteiger partial charge in [0.05, 0.1) is 0 Å². The molecule has 1 aliphatic rings. The summed E-state index contributed by atoms with van der Waals surface area (Å²) in [5, 5.41) is 13.5. The summed E-state index contributed by atoms with van der Waals surface area (Å²) in [6.07, 6.45) is 5.48. The summed E-state index contributed by atoms with van der Waals surface area (Å²) >= 11 is 7.64. The van der Waals surface area contributed by atoms with Crippen LogP contribution in [0.2, 0.25) is 5.02 Å². The van der Waals surface area contributed by atoms with E-state index in [1.807, 2.05) is 26.0 Å². The largest absolute Gasteiger partial charge is 0.481 e. The molecular weight excluding hydrogens is 370 g/mol. The third-order valence-corrected chi connectivity index (χ3v) is 6.31. The zero-order valence-corrected chi connectivity index (χ0v) is 16.9. The highest BCUT2D eigenvalue weighted by atomic mass is 35.5. The lowest BCUT2D eigenvalue weighted by Gasteiger charge is -2.18. The number of benzene rings is 1. The monoisotopic (exact) mass is 393 g/mol. The summed E-state index contributed by atoms with van der Waals surface area (Å²) in [7, 11) is 0. The minimum Gasteiger partial charge on any atom is -0.481 e. The van der Waals surface area contributed by atoms with Gasteiger partial charge in [0.1, 0.15) is 10.8 Å². The molecule has 1 saturated carbocycles. The minimum atomic E-state index is -0.642. The highest BCUT2D eigenvalue weighted by molar-refractivity contribution is 7.15. The van der Waals surface area contributed by atoms with Crippen LogP contribution in [0.4, 0.5) is 5.13 Å². The van der Waals surface area contributed by atoms with Gasteiger partial charge in [-0.25, -0.2) is 0 Å². The predicted molar refractivity (Wildman–Crippen MR) is 105 cm³/mol. The number of aryl methyl sites for hydroxylation is 2. The minimum absolute atomic E-state index is 0.235. The lowest BCUT2D eigenvalue weighted by molar-refractivity contribution is -0.122. The van der Waals surface area contributed by atoms with Gasteiger partial charge in [-0.1, -0.05) is 42.2 Å². The van der Waals surface area contributed by atoms with Crippen molar-refractivity contribution in [2.75, 3.05) is 5.32 Å². The molecule has 0 bridgehead atoms. The van der Waals surface area contributed by atoms with Crippen molar-refractivity contribution in [1.29, 1.82) is 0 Å². The Labute approximate surface area is 163 Å². The van der Waals surface area contributed by atoms with Crippen molar-refractivity contribution >= 4 is 34.0 Å². The number of nitrogens with one attached hydrogen (secondary N) is 1. The van der Waals surface area contributed by atoms with E-state index >= 15 is 0 Å². The zero-order valence-electron chi connectivity index (χ0n) is 15.3. The number of aromatic nitrogens is 2. The van der Waals surface area contributed by atoms with Crippen molar-refractivity contribution in [3.05, 3.63) is 33.3 Å². The molecule has 1 heterocycles. The molecule has 140 valence electrons. The Bertz CT molecular complexity index is 764. The Morgan fingerprint density at radius 3 is 2.54 bits per heavy atom. The van der Waals surface area contributed by atoms with E-state index < -0.39 is 6.10 Å². The fourth-order valence-corrected chi connectivity index (χ4v) is 4.26. The third kappa shape index (κ3) is 4.54. The van der Waals surface area contributed by atoms with Crippen LogP contribution in [0.3, 0.4) is 0 Å². The van der Waals surface area contributed by atoms with E-state index in [0.717, 1.165) is 34.0 Å². The number of nitrogens with zero attached hydrogens (tertiary/aromatic N) is 2. The number of amides is 1. The first-order valence-corrected chi connectivity index (χ1v) is 10.2. The van der Waals surface area contributed by atoms with Gasteiger partial charge in [0.25, 0.3) is 5.91 Å². The summed E-state index contributed by atoms with van der Waals surface area (Å²) in [6.45, 7) is 5.56. The fraction of sp³-hybridized carbons (Fsp3) is 0.526. The summed E-state index contributed by atoms with van der Waals surface area (Å²) in [5.74, 6) is 0.884. The van der Waals surface area contributed by atoms with E-state index in [4.69, 9.17) is 16.3 Å². The maximum atomic E-state index is 12.4. The van der Waals surface area contributed by atoms with Crippen molar-refractivity contribution < 1.29 is 9.53 Å². The molecule has 1 aliphatic carbocycles. The summed E-state index contributed by atoms with van der Waals surface area (Å²) < 4.78 is 5.77. The number of ether oxygens (including phenoxy) is 1. The molecule has 1 aromatic carbocycles. The van der Waals surface area contributed by atoms with Crippen LogP contribution in [0, 0.1) is 13.8 Å². The maximum absolute atomic E-state index is 12.4. The number of carbonyl (C=O) groups excluding carboxylic acids is 1. The van der Waals surface area contributed by atoms with Crippen molar-refractivity contribution in [2.24, 2.45) is 0 Å². The molecule has 1 aromatic heterocycles. The lowest BCUT2D eigenvalue weighted by Crippen LogP contribution is -2.30. The molecule has 1 atom stereocenters. The van der Waals surface area contributed by atoms with Crippen LogP contribution in [-0.2, 0) is 4.79 Å². The van der Waals surface area contributed by atoms with E-state index in [1.54, 1.807) is 6.92 Å². The first-order valence-electron chi connectivity index (χ1n) is 9.01. The molecule has 3 rings (SSSR count). The molecule has 0 radical (unpaired) electrons. The molecule has 5 nitrogen and oxygen atoms in total. The van der Waals surface area contributed by atoms with Gasteiger partial charge < -0.3 is 4.74 Å². The Balaban J connectivity index is 1.60. The SMILES string of the molecule is Cc1cc(OC(C)C(=O)Nc2nnc(C3CCCCC3)s2)cc(C)c1Cl. The molecule has 26 heavy (non-hydrogen) atoms. The molecule has 0 aliphatic heterocycles. The van der Waals surface area contributed by atoms with Crippen molar-refractivity contribution in [3.63, 3.8) is 0 Å². The molecule has 1 fully saturated rings. The van der Waals surface area contributed by atoms with Crippen LogP contribution in [0.25, 0.3) is 0 Å². The molecule has 1 unspecified atom stereocenters. The van der Waals surface area contributed by atoms with Crippen LogP contribution < -0.4 is 10.1 Å². The van der Waals surface area contributed by atoms with Crippen LogP contribution in [0.1, 0.15) is 61.1 Å². The number of anilines is 1. The highest BCUT2D eigenvalue weighted by Gasteiger charge is 2.22. The first kappa shape index (κ1) is 19.1. The van der Waals surface area contributed by atoms with Gasteiger partial charge in [0.2, 0.25) is 5.13 Å². The number of hydrogen-bond donors (Lipinski definition) is 1. The summed E-state index contributed by atoms with van der Waals surface area (Å²) in [6, 6.07) is 3.68. The van der Waals surface area contributed by atoms with Gasteiger partial charge in [0, 0.05) is 10.9 Å². The van der Waals surface area contributed by atoms with Gasteiger partial charge in [-0.15, -0.1) is 10.2 Å². The Hall–Kier alpha value is -1.66. The Morgan fingerprint density at radius 2 is 1.88 bits per heavy atom. The third-order valence-electron chi connectivity index (χ3n) is 4.72. The molecule has 2 aromatic rings. The lowest BCUT2D eigenvalue weighted by atomic mass is 9.90. The first-order chi connectivity index (χ1) is 12.4. The number of hydrogen-bond acceptors (Lipinski definition) is 5. The topological polar surface area (TPSA) is 64.1 Å². The number of carbonyl (C=O) groups is 1. The maximum Gasteiger partial charge on any atom is 0.266 e. The van der Waals surface area contributed by atoms with E-state index in [0.29, 0.717) is 16.8 Å². The summed E-state index contributed by atoms with van der Waals surface area (Å²) in [4.78, 5) is 12.4. The molecule has 1 N–H and O–H groups in total. The molecule has 0 saturated heterocycles. The van der Waals surface area contributed by atoms with Crippen LogP contribution in [0.15, 0.2) is 12.1 Å². The van der Waals surface area contributed by atoms with Crippen molar-refractivity contribution in [1.82, 2.24) is 10.2 Å². The quantitative estimate of drug-likeness (QED) is 0.752. The van der Waals surface area contributed by atoms with E-state index in [1.165, 1.54) is 30.6 Å². The number of halogens is 1. The second-order valence-corrected chi connectivity index (χ2v) is 8.29. The normalized spacial score (nSPS) is 16.3.